The van der Waals surface area contributed by atoms with E-state index in [1.54, 1.807) is 0 Å². The molecule has 3 nitrogen and oxygen atoms in total. The average Bonchev–Trinajstić information content (AvgIpc) is 2.86. The van der Waals surface area contributed by atoms with E-state index in [1.165, 1.54) is 0 Å². The highest BCUT2D eigenvalue weighted by molar-refractivity contribution is 5.83. The van der Waals surface area contributed by atoms with Crippen molar-refractivity contribution < 1.29 is 9.84 Å². The number of nitrogens with one attached hydrogen (secondary N) is 1. The molecule has 2 atom stereocenters. The number of aromatic nitrogens is 1. The van der Waals surface area contributed by atoms with Gasteiger partial charge in [0.2, 0.25) is 0 Å². The van der Waals surface area contributed by atoms with Crippen molar-refractivity contribution in [2.24, 2.45) is 5.92 Å². The van der Waals surface area contributed by atoms with Crippen LogP contribution in [0.2, 0.25) is 0 Å². The van der Waals surface area contributed by atoms with Crippen LogP contribution in [0, 0.1) is 5.92 Å². The number of hydrogen-bond acceptors (Lipinski definition) is 2. The molecule has 2 heterocycles. The van der Waals surface area contributed by atoms with E-state index in [1.807, 2.05) is 30.5 Å². The van der Waals surface area contributed by atoms with E-state index in [9.17, 15) is 5.11 Å². The molecule has 2 aromatic rings. The van der Waals surface area contributed by atoms with Crippen LogP contribution in [-0.4, -0.2) is 22.8 Å². The number of rotatable bonds is 2. The third-order valence-electron chi connectivity index (χ3n) is 4.23. The average molecular weight is 259 g/mol. The van der Waals surface area contributed by atoms with Crippen LogP contribution in [0.15, 0.2) is 30.5 Å². The van der Waals surface area contributed by atoms with Gasteiger partial charge in [-0.3, -0.25) is 0 Å². The molecular weight excluding hydrogens is 238 g/mol. The fourth-order valence-corrected chi connectivity index (χ4v) is 3.04. The molecule has 1 aromatic heterocycles. The van der Waals surface area contributed by atoms with Gasteiger partial charge in [-0.15, -0.1) is 0 Å². The van der Waals surface area contributed by atoms with Gasteiger partial charge in [0, 0.05) is 29.9 Å². The van der Waals surface area contributed by atoms with Gasteiger partial charge < -0.3 is 14.8 Å². The van der Waals surface area contributed by atoms with Crippen LogP contribution in [-0.2, 0) is 10.3 Å². The Bertz CT molecular complexity index is 575. The highest BCUT2D eigenvalue weighted by Crippen LogP contribution is 2.39. The topological polar surface area (TPSA) is 45.2 Å². The molecular formula is C16H21NO2. The summed E-state index contributed by atoms with van der Waals surface area (Å²) >= 11 is 0. The normalized spacial score (nSPS) is 28.1. The molecule has 3 heteroatoms. The fraction of sp³-hybridized carbons (Fsp3) is 0.500. The van der Waals surface area contributed by atoms with E-state index in [2.05, 4.69) is 18.8 Å². The van der Waals surface area contributed by atoms with Crippen molar-refractivity contribution in [2.75, 3.05) is 6.61 Å². The van der Waals surface area contributed by atoms with Crippen LogP contribution < -0.4 is 0 Å². The molecule has 0 bridgehead atoms. The number of benzene rings is 1. The fourth-order valence-electron chi connectivity index (χ4n) is 3.04. The van der Waals surface area contributed by atoms with Crippen molar-refractivity contribution in [1.82, 2.24) is 4.98 Å². The summed E-state index contributed by atoms with van der Waals surface area (Å²) in [5, 5.41) is 12.2. The lowest BCUT2D eigenvalue weighted by Gasteiger charge is -2.39. The lowest BCUT2D eigenvalue weighted by Crippen LogP contribution is -2.40. The maximum Gasteiger partial charge on any atom is 0.0949 e. The number of ether oxygens (including phenoxy) is 1. The molecule has 0 spiro atoms. The molecule has 19 heavy (non-hydrogen) atoms. The van der Waals surface area contributed by atoms with Gasteiger partial charge in [-0.1, -0.05) is 26.0 Å². The van der Waals surface area contributed by atoms with Crippen LogP contribution in [0.25, 0.3) is 10.9 Å². The minimum absolute atomic E-state index is 0.132. The summed E-state index contributed by atoms with van der Waals surface area (Å²) in [6.45, 7) is 4.92. The predicted molar refractivity (Wildman–Crippen MR) is 76.0 cm³/mol. The zero-order chi connectivity index (χ0) is 13.5. The Labute approximate surface area is 113 Å². The predicted octanol–water partition coefficient (Wildman–Crippen LogP) is 3.19. The third kappa shape index (κ3) is 2.17. The summed E-state index contributed by atoms with van der Waals surface area (Å²) in [6.07, 6.45) is 3.40. The van der Waals surface area contributed by atoms with Gasteiger partial charge in [-0.2, -0.15) is 0 Å². The molecule has 102 valence electrons. The second-order valence-electron chi connectivity index (χ2n) is 5.88. The minimum Gasteiger partial charge on any atom is -0.385 e. The first-order chi connectivity index (χ1) is 9.10. The van der Waals surface area contributed by atoms with Crippen molar-refractivity contribution >= 4 is 10.9 Å². The Hall–Kier alpha value is -1.32. The summed E-state index contributed by atoms with van der Waals surface area (Å²) in [5.41, 5.74) is 1.34. The van der Waals surface area contributed by atoms with Crippen LogP contribution in [0.1, 0.15) is 32.3 Å². The first-order valence-electron chi connectivity index (χ1n) is 7.01. The monoisotopic (exact) mass is 259 g/mol. The molecule has 0 saturated carbocycles. The summed E-state index contributed by atoms with van der Waals surface area (Å²) in [6, 6.07) is 8.13. The highest BCUT2D eigenvalue weighted by Gasteiger charge is 2.38. The largest absolute Gasteiger partial charge is 0.385 e. The molecule has 0 amide bonds. The Morgan fingerprint density at radius 1 is 1.37 bits per heavy atom. The SMILES string of the molecule is CC(C)C1CC(O)(c2cccc3[nH]ccc23)CCO1. The second-order valence-corrected chi connectivity index (χ2v) is 5.88. The maximum absolute atomic E-state index is 11.1. The summed E-state index contributed by atoms with van der Waals surface area (Å²) < 4.78 is 5.78. The molecule has 0 radical (unpaired) electrons. The second kappa shape index (κ2) is 4.66. The Morgan fingerprint density at radius 2 is 2.21 bits per heavy atom. The van der Waals surface area contributed by atoms with Gasteiger partial charge in [0.15, 0.2) is 0 Å². The Morgan fingerprint density at radius 3 is 3.00 bits per heavy atom. The molecule has 1 fully saturated rings. The van der Waals surface area contributed by atoms with E-state index in [-0.39, 0.29) is 6.10 Å². The molecule has 1 aromatic carbocycles. The zero-order valence-corrected chi connectivity index (χ0v) is 11.5. The van der Waals surface area contributed by atoms with Crippen molar-refractivity contribution in [1.29, 1.82) is 0 Å². The quantitative estimate of drug-likeness (QED) is 0.870. The molecule has 3 rings (SSSR count). The van der Waals surface area contributed by atoms with Gasteiger partial charge >= 0.3 is 0 Å². The number of hydrogen-bond donors (Lipinski definition) is 2. The number of aliphatic hydroxyl groups is 1. The first-order valence-corrected chi connectivity index (χ1v) is 7.01. The number of aromatic amines is 1. The smallest absolute Gasteiger partial charge is 0.0949 e. The Kier molecular flexibility index (Phi) is 3.11. The first kappa shape index (κ1) is 12.7. The number of H-pyrrole nitrogens is 1. The van der Waals surface area contributed by atoms with Crippen LogP contribution in [0.5, 0.6) is 0 Å². The van der Waals surface area contributed by atoms with Gasteiger partial charge in [-0.25, -0.2) is 0 Å². The van der Waals surface area contributed by atoms with Crippen LogP contribution in [0.3, 0.4) is 0 Å². The van der Waals surface area contributed by atoms with Gasteiger partial charge in [0.1, 0.15) is 0 Å². The van der Waals surface area contributed by atoms with Gasteiger partial charge in [0.05, 0.1) is 18.3 Å². The van der Waals surface area contributed by atoms with Crippen molar-refractivity contribution in [3.8, 4) is 0 Å². The molecule has 0 aliphatic carbocycles. The molecule has 2 unspecified atom stereocenters. The highest BCUT2D eigenvalue weighted by atomic mass is 16.5. The summed E-state index contributed by atoms with van der Waals surface area (Å²) in [4.78, 5) is 3.21. The number of fused-ring (bicyclic) bond motifs is 1. The van der Waals surface area contributed by atoms with Crippen molar-refractivity contribution in [3.63, 3.8) is 0 Å². The summed E-state index contributed by atoms with van der Waals surface area (Å²) in [7, 11) is 0. The van der Waals surface area contributed by atoms with E-state index < -0.39 is 5.60 Å². The summed E-state index contributed by atoms with van der Waals surface area (Å²) in [5.74, 6) is 0.428. The molecule has 1 saturated heterocycles. The molecule has 1 aliphatic heterocycles. The van der Waals surface area contributed by atoms with Crippen molar-refractivity contribution in [2.45, 2.75) is 38.4 Å². The van der Waals surface area contributed by atoms with E-state index in [0.717, 1.165) is 16.5 Å². The lowest BCUT2D eigenvalue weighted by atomic mass is 9.80. The van der Waals surface area contributed by atoms with Crippen LogP contribution in [0.4, 0.5) is 0 Å². The van der Waals surface area contributed by atoms with Crippen molar-refractivity contribution in [3.05, 3.63) is 36.0 Å². The van der Waals surface area contributed by atoms with E-state index >= 15 is 0 Å². The Balaban J connectivity index is 2.01. The minimum atomic E-state index is -0.769. The lowest BCUT2D eigenvalue weighted by molar-refractivity contribution is -0.120. The van der Waals surface area contributed by atoms with Gasteiger partial charge in [-0.05, 0) is 23.6 Å². The zero-order valence-electron chi connectivity index (χ0n) is 11.5. The molecule has 1 aliphatic rings. The van der Waals surface area contributed by atoms with Crippen LogP contribution >= 0.6 is 0 Å². The molecule has 2 N–H and O–H groups in total. The maximum atomic E-state index is 11.1. The van der Waals surface area contributed by atoms with E-state index in [0.29, 0.717) is 25.4 Å². The van der Waals surface area contributed by atoms with E-state index in [4.69, 9.17) is 4.74 Å². The van der Waals surface area contributed by atoms with Gasteiger partial charge in [0.25, 0.3) is 0 Å². The standard InChI is InChI=1S/C16H21NO2/c1-11(2)15-10-16(18,7-9-19-15)13-4-3-5-14-12(13)6-8-17-14/h3-6,8,11,15,17-18H,7,9-10H2,1-2H3. The third-order valence-corrected chi connectivity index (χ3v) is 4.23.